The number of furan rings is 1. The van der Waals surface area contributed by atoms with Crippen LogP contribution in [-0.2, 0) is 22.3 Å². The van der Waals surface area contributed by atoms with Crippen LogP contribution in [-0.4, -0.2) is 43.7 Å². The molecule has 0 bridgehead atoms. The molecular formula is C21H24BNO7. The van der Waals surface area contributed by atoms with Crippen molar-refractivity contribution in [1.29, 1.82) is 0 Å². The Morgan fingerprint density at radius 3 is 2.67 bits per heavy atom. The first-order chi connectivity index (χ1) is 14.4. The van der Waals surface area contributed by atoms with Gasteiger partial charge in [0.05, 0.1) is 26.9 Å². The molecule has 0 aliphatic rings. The monoisotopic (exact) mass is 413 g/mol. The van der Waals surface area contributed by atoms with Gasteiger partial charge in [-0.2, -0.15) is 0 Å². The Balaban J connectivity index is 1.76. The van der Waals surface area contributed by atoms with E-state index in [0.717, 1.165) is 22.1 Å². The van der Waals surface area contributed by atoms with E-state index in [1.807, 2.05) is 25.1 Å². The van der Waals surface area contributed by atoms with E-state index in [2.05, 4.69) is 5.32 Å². The quantitative estimate of drug-likeness (QED) is 0.363. The normalized spacial score (nSPS) is 11.9. The van der Waals surface area contributed by atoms with Gasteiger partial charge >= 0.3 is 7.32 Å². The van der Waals surface area contributed by atoms with E-state index < -0.39 is 13.5 Å². The van der Waals surface area contributed by atoms with Crippen LogP contribution in [0.2, 0.25) is 0 Å². The van der Waals surface area contributed by atoms with Crippen molar-refractivity contribution in [1.82, 2.24) is 5.32 Å². The van der Waals surface area contributed by atoms with Gasteiger partial charge in [-0.15, -0.1) is 0 Å². The highest BCUT2D eigenvalue weighted by atomic mass is 16.6. The molecule has 0 fully saturated rings. The number of para-hydroxylation sites is 1. The Labute approximate surface area is 174 Å². The van der Waals surface area contributed by atoms with Crippen LogP contribution < -0.4 is 14.8 Å². The molecule has 8 nitrogen and oxygen atoms in total. The summed E-state index contributed by atoms with van der Waals surface area (Å²) in [6, 6.07) is 10.9. The number of methoxy groups -OCH3 is 2. The fraction of sp³-hybridized carbons (Fsp3) is 0.286. The highest BCUT2D eigenvalue weighted by Gasteiger charge is 2.23. The summed E-state index contributed by atoms with van der Waals surface area (Å²) < 4.78 is 21.2. The molecule has 0 saturated heterocycles. The second-order valence-electron chi connectivity index (χ2n) is 6.79. The predicted octanol–water partition coefficient (Wildman–Crippen LogP) is 1.97. The third kappa shape index (κ3) is 5.12. The average molecular weight is 413 g/mol. The van der Waals surface area contributed by atoms with Crippen LogP contribution in [0.5, 0.6) is 11.5 Å². The highest BCUT2D eigenvalue weighted by molar-refractivity contribution is 6.32. The molecule has 3 N–H and O–H groups in total. The van der Waals surface area contributed by atoms with Crippen LogP contribution in [0.15, 0.2) is 47.1 Å². The van der Waals surface area contributed by atoms with Crippen molar-refractivity contribution in [2.45, 2.75) is 26.0 Å². The lowest BCUT2D eigenvalue weighted by Crippen LogP contribution is -2.43. The second kappa shape index (κ2) is 9.66. The molecule has 0 radical (unpaired) electrons. The molecule has 0 aliphatic carbocycles. The molecule has 1 amide bonds. The molecule has 30 heavy (non-hydrogen) atoms. The van der Waals surface area contributed by atoms with Crippen molar-refractivity contribution >= 4 is 24.2 Å². The number of carbonyl (C=O) groups excluding carboxylic acids is 1. The van der Waals surface area contributed by atoms with Gasteiger partial charge in [-0.05, 0) is 30.7 Å². The summed E-state index contributed by atoms with van der Waals surface area (Å²) in [5, 5.41) is 22.1. The second-order valence-corrected chi connectivity index (χ2v) is 6.79. The van der Waals surface area contributed by atoms with E-state index in [9.17, 15) is 14.8 Å². The van der Waals surface area contributed by atoms with E-state index in [-0.39, 0.29) is 18.7 Å². The molecule has 0 unspecified atom stereocenters. The Morgan fingerprint density at radius 1 is 1.17 bits per heavy atom. The summed E-state index contributed by atoms with van der Waals surface area (Å²) in [5.41, 5.74) is 3.12. The molecule has 1 heterocycles. The predicted molar refractivity (Wildman–Crippen MR) is 111 cm³/mol. The summed E-state index contributed by atoms with van der Waals surface area (Å²) in [6.07, 6.45) is 0.785. The number of rotatable bonds is 9. The Morgan fingerprint density at radius 2 is 1.97 bits per heavy atom. The van der Waals surface area contributed by atoms with Gasteiger partial charge < -0.3 is 33.9 Å². The SMILES string of the molecule is COc1ccc(OC)c(CC(=O)N[C@@H](Cc2coc3c(C)cccc23)OB(O)O)c1. The van der Waals surface area contributed by atoms with Crippen LogP contribution in [0.3, 0.4) is 0 Å². The minimum absolute atomic E-state index is 0.00694. The Hall–Kier alpha value is -3.01. The van der Waals surface area contributed by atoms with Gasteiger partial charge in [0, 0.05) is 22.9 Å². The number of ether oxygens (including phenoxy) is 2. The van der Waals surface area contributed by atoms with E-state index in [0.29, 0.717) is 17.1 Å². The van der Waals surface area contributed by atoms with Crippen LogP contribution in [0.4, 0.5) is 0 Å². The van der Waals surface area contributed by atoms with E-state index in [1.165, 1.54) is 14.2 Å². The van der Waals surface area contributed by atoms with Crippen molar-refractivity contribution in [3.05, 3.63) is 59.4 Å². The molecule has 158 valence electrons. The van der Waals surface area contributed by atoms with Crippen molar-refractivity contribution in [2.75, 3.05) is 14.2 Å². The standard InChI is InChI=1S/C21H24BNO7/c1-13-5-4-6-17-15(12-29-21(13)17)11-20(30-22(25)26)23-19(24)10-14-9-16(27-2)7-8-18(14)28-3/h4-9,12,20,25-26H,10-11H2,1-3H3,(H,23,24)/t20-/m1/s1. The maximum Gasteiger partial charge on any atom is 0.635 e. The average Bonchev–Trinajstić information content (AvgIpc) is 3.11. The number of benzene rings is 2. The number of fused-ring (bicyclic) bond motifs is 1. The number of hydrogen-bond acceptors (Lipinski definition) is 7. The lowest BCUT2D eigenvalue weighted by Gasteiger charge is -2.19. The zero-order chi connectivity index (χ0) is 21.7. The van der Waals surface area contributed by atoms with Crippen molar-refractivity contribution < 1.29 is 33.4 Å². The topological polar surface area (TPSA) is 110 Å². The first kappa shape index (κ1) is 21.7. The lowest BCUT2D eigenvalue weighted by atomic mass is 10.1. The molecular weight excluding hydrogens is 389 g/mol. The van der Waals surface area contributed by atoms with Crippen LogP contribution in [0.1, 0.15) is 16.7 Å². The van der Waals surface area contributed by atoms with Crippen LogP contribution >= 0.6 is 0 Å². The first-order valence-corrected chi connectivity index (χ1v) is 9.38. The van der Waals surface area contributed by atoms with Gasteiger partial charge in [-0.1, -0.05) is 18.2 Å². The molecule has 0 saturated carbocycles. The number of aryl methyl sites for hydroxylation is 1. The minimum Gasteiger partial charge on any atom is -0.497 e. The molecule has 2 aromatic carbocycles. The lowest BCUT2D eigenvalue weighted by molar-refractivity contribution is -0.123. The summed E-state index contributed by atoms with van der Waals surface area (Å²) >= 11 is 0. The fourth-order valence-corrected chi connectivity index (χ4v) is 3.32. The zero-order valence-corrected chi connectivity index (χ0v) is 17.0. The molecule has 0 aliphatic heterocycles. The van der Waals surface area contributed by atoms with Crippen molar-refractivity contribution in [3.8, 4) is 11.5 Å². The largest absolute Gasteiger partial charge is 0.635 e. The highest BCUT2D eigenvalue weighted by Crippen LogP contribution is 2.26. The molecule has 1 atom stereocenters. The van der Waals surface area contributed by atoms with Gasteiger partial charge in [0.1, 0.15) is 23.3 Å². The third-order valence-corrected chi connectivity index (χ3v) is 4.73. The van der Waals surface area contributed by atoms with Crippen LogP contribution in [0.25, 0.3) is 11.0 Å². The van der Waals surface area contributed by atoms with Gasteiger partial charge in [-0.3, -0.25) is 4.79 Å². The number of amides is 1. The van der Waals surface area contributed by atoms with E-state index >= 15 is 0 Å². The summed E-state index contributed by atoms with van der Waals surface area (Å²) in [7, 11) is 1.01. The van der Waals surface area contributed by atoms with E-state index in [4.69, 9.17) is 18.5 Å². The molecule has 9 heteroatoms. The van der Waals surface area contributed by atoms with Gasteiger partial charge in [0.15, 0.2) is 0 Å². The van der Waals surface area contributed by atoms with E-state index in [1.54, 1.807) is 24.5 Å². The van der Waals surface area contributed by atoms with Crippen LogP contribution in [0, 0.1) is 6.92 Å². The van der Waals surface area contributed by atoms with Crippen molar-refractivity contribution in [2.24, 2.45) is 0 Å². The van der Waals surface area contributed by atoms with Gasteiger partial charge in [0.2, 0.25) is 5.91 Å². The maximum atomic E-state index is 12.6. The smallest absolute Gasteiger partial charge is 0.497 e. The summed E-state index contributed by atoms with van der Waals surface area (Å²) in [6.45, 7) is 1.93. The maximum absolute atomic E-state index is 12.6. The third-order valence-electron chi connectivity index (χ3n) is 4.73. The Kier molecular flexibility index (Phi) is 6.99. The van der Waals surface area contributed by atoms with Crippen molar-refractivity contribution in [3.63, 3.8) is 0 Å². The first-order valence-electron chi connectivity index (χ1n) is 9.38. The molecule has 3 aromatic rings. The molecule has 3 rings (SSSR count). The molecule has 0 spiro atoms. The summed E-state index contributed by atoms with van der Waals surface area (Å²) in [4.78, 5) is 12.6. The zero-order valence-electron chi connectivity index (χ0n) is 17.0. The van der Waals surface area contributed by atoms with Gasteiger partial charge in [0.25, 0.3) is 0 Å². The number of hydrogen-bond donors (Lipinski definition) is 3. The minimum atomic E-state index is -2.04. The van der Waals surface area contributed by atoms with Gasteiger partial charge in [-0.25, -0.2) is 0 Å². The number of carbonyl (C=O) groups is 1. The fourth-order valence-electron chi connectivity index (χ4n) is 3.32. The molecule has 1 aromatic heterocycles. The Bertz CT molecular complexity index is 1020. The number of nitrogens with one attached hydrogen (secondary N) is 1. The summed E-state index contributed by atoms with van der Waals surface area (Å²) in [5.74, 6) is 0.760.